The molecule has 0 aromatic heterocycles. The lowest BCUT2D eigenvalue weighted by atomic mass is 10.1. The minimum Gasteiger partial charge on any atom is -0.454 e. The molecule has 1 aromatic carbocycles. The van der Waals surface area contributed by atoms with Gasteiger partial charge in [-0.3, -0.25) is 14.4 Å². The minimum absolute atomic E-state index is 0.121. The maximum Gasteiger partial charge on any atom is 0.242 e. The van der Waals surface area contributed by atoms with Crippen molar-refractivity contribution in [2.75, 3.05) is 18.2 Å². The molecule has 8 nitrogen and oxygen atoms in total. The maximum absolute atomic E-state index is 12.7. The molecule has 2 aliphatic heterocycles. The number of anilines is 1. The van der Waals surface area contributed by atoms with Crippen molar-refractivity contribution in [2.24, 2.45) is 5.92 Å². The van der Waals surface area contributed by atoms with E-state index < -0.39 is 12.0 Å². The molecule has 0 radical (unpaired) electrons. The molecule has 30 heavy (non-hydrogen) atoms. The van der Waals surface area contributed by atoms with E-state index in [9.17, 15) is 14.4 Å². The summed E-state index contributed by atoms with van der Waals surface area (Å²) in [5.74, 6) is 0.202. The number of benzene rings is 1. The summed E-state index contributed by atoms with van der Waals surface area (Å²) < 4.78 is 10.7. The molecule has 3 amide bonds. The molecule has 1 saturated carbocycles. The lowest BCUT2D eigenvalue weighted by Crippen LogP contribution is -2.49. The normalized spacial score (nSPS) is 22.5. The number of fused-ring (bicyclic) bond motifs is 1. The van der Waals surface area contributed by atoms with Gasteiger partial charge in [0.05, 0.1) is 5.92 Å². The zero-order valence-corrected chi connectivity index (χ0v) is 17.3. The maximum atomic E-state index is 12.7. The van der Waals surface area contributed by atoms with Crippen LogP contribution in [0.2, 0.25) is 0 Å². The van der Waals surface area contributed by atoms with Crippen molar-refractivity contribution < 1.29 is 23.9 Å². The standard InChI is InChI=1S/C22H29N3O5/c1-14(21(27)24-16-6-4-2-3-5-7-16)23-22(28)15-10-20(26)25(12-15)17-8-9-18-19(11-17)30-13-29-18/h8-9,11,14-16H,2-7,10,12-13H2,1H3,(H,23,28)(H,24,27)/t14-,15?/m1/s1. The van der Waals surface area contributed by atoms with Crippen LogP contribution >= 0.6 is 0 Å². The molecule has 8 heteroatoms. The predicted octanol–water partition coefficient (Wildman–Crippen LogP) is 2.11. The van der Waals surface area contributed by atoms with Crippen molar-refractivity contribution in [2.45, 2.75) is 64.0 Å². The fourth-order valence-electron chi connectivity index (χ4n) is 4.33. The molecular formula is C22H29N3O5. The summed E-state index contributed by atoms with van der Waals surface area (Å²) in [4.78, 5) is 39.3. The summed E-state index contributed by atoms with van der Waals surface area (Å²) in [6, 6.07) is 4.86. The number of rotatable bonds is 5. The molecule has 162 valence electrons. The third kappa shape index (κ3) is 4.52. The first-order chi connectivity index (χ1) is 14.5. The lowest BCUT2D eigenvalue weighted by Gasteiger charge is -2.21. The number of hydrogen-bond donors (Lipinski definition) is 2. The third-order valence-corrected chi connectivity index (χ3v) is 6.12. The zero-order valence-electron chi connectivity index (χ0n) is 17.3. The summed E-state index contributed by atoms with van der Waals surface area (Å²) in [6.07, 6.45) is 6.80. The summed E-state index contributed by atoms with van der Waals surface area (Å²) in [5, 5.41) is 5.85. The largest absolute Gasteiger partial charge is 0.454 e. The number of hydrogen-bond acceptors (Lipinski definition) is 5. The molecule has 2 N–H and O–H groups in total. The molecular weight excluding hydrogens is 386 g/mol. The van der Waals surface area contributed by atoms with Crippen molar-refractivity contribution >= 4 is 23.4 Å². The molecule has 2 fully saturated rings. The van der Waals surface area contributed by atoms with Gasteiger partial charge in [-0.2, -0.15) is 0 Å². The van der Waals surface area contributed by atoms with E-state index in [4.69, 9.17) is 9.47 Å². The summed E-state index contributed by atoms with van der Waals surface area (Å²) >= 11 is 0. The molecule has 2 heterocycles. The van der Waals surface area contributed by atoms with E-state index in [1.807, 2.05) is 0 Å². The first kappa shape index (κ1) is 20.5. The number of carbonyl (C=O) groups is 3. The van der Waals surface area contributed by atoms with Gasteiger partial charge in [-0.1, -0.05) is 25.7 Å². The van der Waals surface area contributed by atoms with Crippen molar-refractivity contribution in [3.63, 3.8) is 0 Å². The van der Waals surface area contributed by atoms with Crippen LogP contribution in [-0.2, 0) is 14.4 Å². The minimum atomic E-state index is -0.629. The van der Waals surface area contributed by atoms with Crippen molar-refractivity contribution in [1.82, 2.24) is 10.6 Å². The number of nitrogens with zero attached hydrogens (tertiary/aromatic N) is 1. The number of ether oxygens (including phenoxy) is 2. The van der Waals surface area contributed by atoms with Crippen LogP contribution in [0.3, 0.4) is 0 Å². The quantitative estimate of drug-likeness (QED) is 0.718. The monoisotopic (exact) mass is 415 g/mol. The van der Waals surface area contributed by atoms with Crippen LogP contribution in [0.25, 0.3) is 0 Å². The lowest BCUT2D eigenvalue weighted by molar-refractivity contribution is -0.131. The summed E-state index contributed by atoms with van der Waals surface area (Å²) in [7, 11) is 0. The Labute approximate surface area is 176 Å². The third-order valence-electron chi connectivity index (χ3n) is 6.12. The van der Waals surface area contributed by atoms with Crippen LogP contribution < -0.4 is 25.0 Å². The first-order valence-corrected chi connectivity index (χ1v) is 10.8. The number of nitrogens with one attached hydrogen (secondary N) is 2. The van der Waals surface area contributed by atoms with Gasteiger partial charge < -0.3 is 25.0 Å². The highest BCUT2D eigenvalue weighted by atomic mass is 16.7. The van der Waals surface area contributed by atoms with Gasteiger partial charge >= 0.3 is 0 Å². The summed E-state index contributed by atoms with van der Waals surface area (Å²) in [5.41, 5.74) is 0.679. The van der Waals surface area contributed by atoms with Crippen molar-refractivity contribution in [3.05, 3.63) is 18.2 Å². The van der Waals surface area contributed by atoms with Gasteiger partial charge in [0.15, 0.2) is 11.5 Å². The predicted molar refractivity (Wildman–Crippen MR) is 110 cm³/mol. The molecule has 2 atom stereocenters. The Morgan fingerprint density at radius 3 is 2.60 bits per heavy atom. The first-order valence-electron chi connectivity index (χ1n) is 10.8. The van der Waals surface area contributed by atoms with E-state index in [0.717, 1.165) is 25.7 Å². The molecule has 1 unspecified atom stereocenters. The van der Waals surface area contributed by atoms with E-state index in [2.05, 4.69) is 10.6 Å². The number of carbonyl (C=O) groups excluding carboxylic acids is 3. The molecule has 0 spiro atoms. The Hall–Kier alpha value is -2.77. The van der Waals surface area contributed by atoms with Gasteiger partial charge in [-0.05, 0) is 31.9 Å². The Bertz CT molecular complexity index is 819. The fourth-order valence-corrected chi connectivity index (χ4v) is 4.33. The van der Waals surface area contributed by atoms with E-state index in [0.29, 0.717) is 17.2 Å². The Kier molecular flexibility index (Phi) is 6.11. The van der Waals surface area contributed by atoms with Gasteiger partial charge in [0.2, 0.25) is 24.5 Å². The molecule has 1 aliphatic carbocycles. The second-order valence-electron chi connectivity index (χ2n) is 8.37. The highest BCUT2D eigenvalue weighted by Gasteiger charge is 2.36. The van der Waals surface area contributed by atoms with Gasteiger partial charge in [-0.25, -0.2) is 0 Å². The van der Waals surface area contributed by atoms with E-state index in [1.54, 1.807) is 30.0 Å². The van der Waals surface area contributed by atoms with Gasteiger partial charge in [0, 0.05) is 30.8 Å². The fraction of sp³-hybridized carbons (Fsp3) is 0.591. The summed E-state index contributed by atoms with van der Waals surface area (Å²) in [6.45, 7) is 2.14. The second kappa shape index (κ2) is 8.93. The number of amides is 3. The second-order valence-corrected chi connectivity index (χ2v) is 8.37. The van der Waals surface area contributed by atoms with E-state index >= 15 is 0 Å². The topological polar surface area (TPSA) is 97.0 Å². The van der Waals surface area contributed by atoms with E-state index in [1.165, 1.54) is 12.8 Å². The average molecular weight is 415 g/mol. The Balaban J connectivity index is 1.31. The molecule has 4 rings (SSSR count). The van der Waals surface area contributed by atoms with Crippen LogP contribution in [0.5, 0.6) is 11.5 Å². The van der Waals surface area contributed by atoms with Crippen LogP contribution in [-0.4, -0.2) is 43.1 Å². The van der Waals surface area contributed by atoms with Gasteiger partial charge in [0.1, 0.15) is 6.04 Å². The highest BCUT2D eigenvalue weighted by molar-refractivity contribution is 6.01. The highest BCUT2D eigenvalue weighted by Crippen LogP contribution is 2.37. The Morgan fingerprint density at radius 2 is 1.83 bits per heavy atom. The van der Waals surface area contributed by atoms with Crippen LogP contribution in [0.4, 0.5) is 5.69 Å². The van der Waals surface area contributed by atoms with E-state index in [-0.39, 0.29) is 43.5 Å². The molecule has 3 aliphatic rings. The van der Waals surface area contributed by atoms with Crippen LogP contribution in [0, 0.1) is 5.92 Å². The molecule has 0 bridgehead atoms. The van der Waals surface area contributed by atoms with Gasteiger partial charge in [-0.15, -0.1) is 0 Å². The molecule has 1 saturated heterocycles. The smallest absolute Gasteiger partial charge is 0.242 e. The Morgan fingerprint density at radius 1 is 1.10 bits per heavy atom. The SMILES string of the molecule is C[C@@H](NC(=O)C1CC(=O)N(c2ccc3c(c2)OCO3)C1)C(=O)NC1CCCCCC1. The zero-order chi connectivity index (χ0) is 21.1. The van der Waals surface area contributed by atoms with Crippen LogP contribution in [0.15, 0.2) is 18.2 Å². The van der Waals surface area contributed by atoms with Crippen molar-refractivity contribution in [3.8, 4) is 11.5 Å². The van der Waals surface area contributed by atoms with Crippen LogP contribution in [0.1, 0.15) is 51.9 Å². The van der Waals surface area contributed by atoms with Gasteiger partial charge in [0.25, 0.3) is 0 Å². The van der Waals surface area contributed by atoms with Crippen molar-refractivity contribution in [1.29, 1.82) is 0 Å². The average Bonchev–Trinajstić information content (AvgIpc) is 3.27. The molecule has 1 aromatic rings.